The van der Waals surface area contributed by atoms with Crippen molar-refractivity contribution in [3.05, 3.63) is 93.5 Å². The molecule has 5 aromatic rings. The summed E-state index contributed by atoms with van der Waals surface area (Å²) in [6.45, 7) is 4.22. The summed E-state index contributed by atoms with van der Waals surface area (Å²) < 4.78 is 22.1. The Labute approximate surface area is 227 Å². The van der Waals surface area contributed by atoms with E-state index in [-0.39, 0.29) is 28.3 Å². The maximum absolute atomic E-state index is 13.9. The summed E-state index contributed by atoms with van der Waals surface area (Å²) in [5.74, 6) is -2.33. The third-order valence-corrected chi connectivity index (χ3v) is 6.55. The Balaban J connectivity index is 1.57. The van der Waals surface area contributed by atoms with Crippen LogP contribution in [0.1, 0.15) is 39.2 Å². The number of nitrogens with two attached hydrogens (primary N) is 1. The highest BCUT2D eigenvalue weighted by Gasteiger charge is 2.22. The number of primary amides is 1. The van der Waals surface area contributed by atoms with E-state index in [0.717, 1.165) is 27.4 Å². The number of nitrogens with zero attached hydrogens (tertiary/aromatic N) is 4. The minimum atomic E-state index is -0.947. The molecule has 3 N–H and O–H groups in total. The van der Waals surface area contributed by atoms with Gasteiger partial charge in [0.05, 0.1) is 11.1 Å². The zero-order chi connectivity index (χ0) is 28.7. The number of hydrogen-bond acceptors (Lipinski definition) is 6. The van der Waals surface area contributed by atoms with E-state index in [2.05, 4.69) is 10.3 Å². The number of fused-ring (bicyclic) bond motifs is 1. The van der Waals surface area contributed by atoms with Gasteiger partial charge >= 0.3 is 0 Å². The van der Waals surface area contributed by atoms with Gasteiger partial charge in [0, 0.05) is 36.1 Å². The van der Waals surface area contributed by atoms with Crippen LogP contribution in [0.2, 0.25) is 0 Å². The molecule has 2 amide bonds. The number of nitrogens with one attached hydrogen (secondary N) is 1. The van der Waals surface area contributed by atoms with E-state index < -0.39 is 23.2 Å². The minimum absolute atomic E-state index is 0.0655. The van der Waals surface area contributed by atoms with Gasteiger partial charge in [0.1, 0.15) is 17.4 Å². The summed E-state index contributed by atoms with van der Waals surface area (Å²) >= 11 is 0. The Morgan fingerprint density at radius 2 is 1.82 bits per heavy atom. The molecular weight excluding hydrogens is 515 g/mol. The standard InChI is InChI=1S/C29H23FN6O4/c1-4-36-22(16-5-7-17(8-6-16)24-23(14-31)40-35(3)29(24)39)12-18-11-15(2)33-25(26(18)36)28(38)34-19-9-10-21(30)20(13-19)27(32)37/h5-13H,4H2,1-3H3,(H2,32,37)(H,34,38). The highest BCUT2D eigenvalue weighted by Crippen LogP contribution is 2.32. The van der Waals surface area contributed by atoms with Crippen LogP contribution in [0.15, 0.2) is 63.9 Å². The van der Waals surface area contributed by atoms with Gasteiger partial charge in [-0.05, 0) is 55.3 Å². The van der Waals surface area contributed by atoms with Gasteiger partial charge in [-0.3, -0.25) is 14.4 Å². The number of amides is 2. The highest BCUT2D eigenvalue weighted by molar-refractivity contribution is 6.12. The zero-order valence-electron chi connectivity index (χ0n) is 21.8. The number of aromatic nitrogens is 3. The van der Waals surface area contributed by atoms with Gasteiger partial charge in [0.15, 0.2) is 5.69 Å². The maximum Gasteiger partial charge on any atom is 0.291 e. The van der Waals surface area contributed by atoms with E-state index in [1.165, 1.54) is 19.2 Å². The molecule has 40 heavy (non-hydrogen) atoms. The molecule has 0 radical (unpaired) electrons. The average Bonchev–Trinajstić information content (AvgIpc) is 3.45. The van der Waals surface area contributed by atoms with Crippen LogP contribution in [0.3, 0.4) is 0 Å². The van der Waals surface area contributed by atoms with Crippen molar-refractivity contribution >= 4 is 28.4 Å². The Bertz CT molecular complexity index is 1930. The number of hydrogen-bond donors (Lipinski definition) is 2. The number of rotatable bonds is 6. The molecule has 2 aromatic carbocycles. The fourth-order valence-electron chi connectivity index (χ4n) is 4.76. The number of halogens is 1. The van der Waals surface area contributed by atoms with Gasteiger partial charge in [0.2, 0.25) is 5.76 Å². The van der Waals surface area contributed by atoms with E-state index in [1.807, 2.05) is 41.8 Å². The van der Waals surface area contributed by atoms with Crippen LogP contribution in [0.5, 0.6) is 0 Å². The summed E-state index contributed by atoms with van der Waals surface area (Å²) in [6.07, 6.45) is 0. The second-order valence-corrected chi connectivity index (χ2v) is 9.12. The molecule has 0 spiro atoms. The molecule has 3 aromatic heterocycles. The average molecular weight is 539 g/mol. The van der Waals surface area contributed by atoms with E-state index in [1.54, 1.807) is 19.1 Å². The van der Waals surface area contributed by atoms with Crippen LogP contribution in [-0.2, 0) is 13.6 Å². The Kier molecular flexibility index (Phi) is 6.53. The monoisotopic (exact) mass is 538 g/mol. The van der Waals surface area contributed by atoms with Crippen molar-refractivity contribution in [3.8, 4) is 28.5 Å². The van der Waals surface area contributed by atoms with Crippen molar-refractivity contribution in [2.45, 2.75) is 20.4 Å². The molecule has 0 aliphatic heterocycles. The first kappa shape index (κ1) is 26.1. The number of anilines is 1. The maximum atomic E-state index is 13.9. The second-order valence-electron chi connectivity index (χ2n) is 9.12. The van der Waals surface area contributed by atoms with Crippen molar-refractivity contribution in [1.29, 1.82) is 5.26 Å². The molecule has 0 atom stereocenters. The zero-order valence-corrected chi connectivity index (χ0v) is 21.8. The highest BCUT2D eigenvalue weighted by atomic mass is 19.1. The molecule has 10 nitrogen and oxygen atoms in total. The number of carbonyl (C=O) groups is 2. The topological polar surface area (TPSA) is 149 Å². The third-order valence-electron chi connectivity index (χ3n) is 6.55. The minimum Gasteiger partial charge on any atom is -0.366 e. The lowest BCUT2D eigenvalue weighted by atomic mass is 10.0. The molecule has 0 saturated heterocycles. The van der Waals surface area contributed by atoms with Crippen molar-refractivity contribution in [2.24, 2.45) is 12.8 Å². The lowest BCUT2D eigenvalue weighted by Gasteiger charge is -2.12. The van der Waals surface area contributed by atoms with Gasteiger partial charge < -0.3 is 20.1 Å². The van der Waals surface area contributed by atoms with Gasteiger partial charge in [-0.2, -0.15) is 10.0 Å². The molecule has 3 heterocycles. The lowest BCUT2D eigenvalue weighted by Crippen LogP contribution is -2.18. The number of aryl methyl sites for hydroxylation is 3. The Morgan fingerprint density at radius 3 is 2.48 bits per heavy atom. The molecule has 11 heteroatoms. The van der Waals surface area contributed by atoms with Crippen LogP contribution in [0, 0.1) is 24.1 Å². The van der Waals surface area contributed by atoms with Gasteiger partial charge in [-0.15, -0.1) is 0 Å². The largest absolute Gasteiger partial charge is 0.366 e. The second kappa shape index (κ2) is 9.99. The Hall–Kier alpha value is -5.50. The van der Waals surface area contributed by atoms with Gasteiger partial charge in [-0.25, -0.2) is 9.37 Å². The Morgan fingerprint density at radius 1 is 1.12 bits per heavy atom. The van der Waals surface area contributed by atoms with Crippen LogP contribution in [0.4, 0.5) is 10.1 Å². The molecule has 0 saturated carbocycles. The quantitative estimate of drug-likeness (QED) is 0.328. The first-order chi connectivity index (χ1) is 19.1. The molecule has 5 rings (SSSR count). The predicted molar refractivity (Wildman–Crippen MR) is 146 cm³/mol. The number of pyridine rings is 1. The summed E-state index contributed by atoms with van der Waals surface area (Å²) in [7, 11) is 1.44. The van der Waals surface area contributed by atoms with Crippen LogP contribution in [-0.4, -0.2) is 26.1 Å². The van der Waals surface area contributed by atoms with E-state index in [0.29, 0.717) is 23.3 Å². The van der Waals surface area contributed by atoms with Crippen molar-refractivity contribution in [3.63, 3.8) is 0 Å². The van der Waals surface area contributed by atoms with E-state index in [4.69, 9.17) is 10.3 Å². The smallest absolute Gasteiger partial charge is 0.291 e. The fourth-order valence-corrected chi connectivity index (χ4v) is 4.76. The molecule has 200 valence electrons. The fraction of sp³-hybridized carbons (Fsp3) is 0.138. The molecule has 0 aliphatic carbocycles. The van der Waals surface area contributed by atoms with Gasteiger partial charge in [-0.1, -0.05) is 24.3 Å². The van der Waals surface area contributed by atoms with Gasteiger partial charge in [0.25, 0.3) is 17.4 Å². The lowest BCUT2D eigenvalue weighted by molar-refractivity contribution is 0.0992. The molecule has 0 aliphatic rings. The SMILES string of the molecule is CCn1c(-c2ccc(-c3c(C#N)on(C)c3=O)cc2)cc2cc(C)nc(C(=O)Nc3ccc(F)c(C(N)=O)c3)c21. The van der Waals surface area contributed by atoms with Crippen LogP contribution < -0.4 is 16.6 Å². The van der Waals surface area contributed by atoms with Crippen molar-refractivity contribution < 1.29 is 18.5 Å². The van der Waals surface area contributed by atoms with Crippen LogP contribution >= 0.6 is 0 Å². The summed E-state index contributed by atoms with van der Waals surface area (Å²) in [6, 6.07) is 16.4. The summed E-state index contributed by atoms with van der Waals surface area (Å²) in [5, 5.41) is 12.8. The molecule has 0 bridgehead atoms. The molecular formula is C29H23FN6O4. The van der Waals surface area contributed by atoms with Crippen LogP contribution in [0.25, 0.3) is 33.3 Å². The van der Waals surface area contributed by atoms with Crippen molar-refractivity contribution in [1.82, 2.24) is 14.3 Å². The summed E-state index contributed by atoms with van der Waals surface area (Å²) in [5.41, 5.74) is 8.41. The van der Waals surface area contributed by atoms with E-state index in [9.17, 15) is 24.0 Å². The number of carbonyl (C=O) groups excluding carboxylic acids is 2. The molecule has 0 unspecified atom stereocenters. The predicted octanol–water partition coefficient (Wildman–Crippen LogP) is 4.35. The first-order valence-electron chi connectivity index (χ1n) is 12.3. The van der Waals surface area contributed by atoms with Crippen molar-refractivity contribution in [2.75, 3.05) is 5.32 Å². The first-order valence-corrected chi connectivity index (χ1v) is 12.3. The normalized spacial score (nSPS) is 11.0. The van der Waals surface area contributed by atoms with E-state index >= 15 is 0 Å². The molecule has 0 fully saturated rings. The third kappa shape index (κ3) is 4.41. The summed E-state index contributed by atoms with van der Waals surface area (Å²) in [4.78, 5) is 41.9. The number of benzene rings is 2. The number of nitriles is 1.